The lowest BCUT2D eigenvalue weighted by molar-refractivity contribution is 0.265. The molecule has 2 N–H and O–H groups in total. The standard InChI is InChI=1S/C13H23N/c1-13(2)11(7-14)12(13)10-6-8-3-4-9(10)5-8/h8-12H,3-7,14H2,1-2H3/t8?,9?,10?,11-,12-/m1/s1. The van der Waals surface area contributed by atoms with Crippen molar-refractivity contribution < 1.29 is 0 Å². The van der Waals surface area contributed by atoms with Gasteiger partial charge >= 0.3 is 0 Å². The first kappa shape index (κ1) is 9.21. The van der Waals surface area contributed by atoms with Crippen LogP contribution in [0.25, 0.3) is 0 Å². The molecule has 0 saturated heterocycles. The van der Waals surface area contributed by atoms with E-state index in [1.165, 1.54) is 19.3 Å². The molecule has 3 aliphatic rings. The number of nitrogens with two attached hydrogens (primary N) is 1. The molecule has 0 aliphatic heterocycles. The Morgan fingerprint density at radius 1 is 1.21 bits per heavy atom. The van der Waals surface area contributed by atoms with E-state index in [1.54, 1.807) is 6.42 Å². The molecule has 3 aliphatic carbocycles. The van der Waals surface area contributed by atoms with Gasteiger partial charge in [-0.2, -0.15) is 0 Å². The molecule has 80 valence electrons. The summed E-state index contributed by atoms with van der Waals surface area (Å²) in [5, 5.41) is 0. The van der Waals surface area contributed by atoms with Crippen molar-refractivity contribution >= 4 is 0 Å². The van der Waals surface area contributed by atoms with Crippen molar-refractivity contribution in [2.75, 3.05) is 6.54 Å². The zero-order chi connectivity index (χ0) is 9.92. The fourth-order valence-corrected chi connectivity index (χ4v) is 4.82. The van der Waals surface area contributed by atoms with Gasteiger partial charge in [0.1, 0.15) is 0 Å². The molecule has 0 aromatic carbocycles. The Morgan fingerprint density at radius 2 is 2.00 bits per heavy atom. The summed E-state index contributed by atoms with van der Waals surface area (Å²) in [7, 11) is 0. The molecule has 3 saturated carbocycles. The fraction of sp³-hybridized carbons (Fsp3) is 1.00. The largest absolute Gasteiger partial charge is 0.330 e. The summed E-state index contributed by atoms with van der Waals surface area (Å²) >= 11 is 0. The van der Waals surface area contributed by atoms with Gasteiger partial charge in [0.25, 0.3) is 0 Å². The number of fused-ring (bicyclic) bond motifs is 2. The van der Waals surface area contributed by atoms with E-state index in [4.69, 9.17) is 5.73 Å². The van der Waals surface area contributed by atoms with Crippen molar-refractivity contribution in [3.63, 3.8) is 0 Å². The van der Waals surface area contributed by atoms with Crippen LogP contribution in [0, 0.1) is 35.0 Å². The Kier molecular flexibility index (Phi) is 1.81. The average Bonchev–Trinajstić information content (AvgIpc) is 2.61. The molecule has 0 heterocycles. The summed E-state index contributed by atoms with van der Waals surface area (Å²) < 4.78 is 0. The van der Waals surface area contributed by atoms with Gasteiger partial charge in [0, 0.05) is 0 Å². The highest BCUT2D eigenvalue weighted by Gasteiger charge is 2.62. The first-order chi connectivity index (χ1) is 6.64. The first-order valence-corrected chi connectivity index (χ1v) is 6.34. The van der Waals surface area contributed by atoms with E-state index < -0.39 is 0 Å². The molecule has 0 aromatic heterocycles. The van der Waals surface area contributed by atoms with Gasteiger partial charge in [-0.25, -0.2) is 0 Å². The van der Waals surface area contributed by atoms with Crippen LogP contribution in [-0.2, 0) is 0 Å². The first-order valence-electron chi connectivity index (χ1n) is 6.34. The van der Waals surface area contributed by atoms with Gasteiger partial charge in [-0.1, -0.05) is 20.3 Å². The minimum atomic E-state index is 0.573. The van der Waals surface area contributed by atoms with Gasteiger partial charge in [0.15, 0.2) is 0 Å². The molecule has 0 radical (unpaired) electrons. The van der Waals surface area contributed by atoms with Crippen molar-refractivity contribution in [1.29, 1.82) is 0 Å². The Bertz CT molecular complexity index is 244. The quantitative estimate of drug-likeness (QED) is 0.717. The van der Waals surface area contributed by atoms with E-state index in [0.29, 0.717) is 5.41 Å². The minimum absolute atomic E-state index is 0.573. The van der Waals surface area contributed by atoms with E-state index >= 15 is 0 Å². The third kappa shape index (κ3) is 1.05. The molecule has 0 amide bonds. The highest BCUT2D eigenvalue weighted by Crippen LogP contribution is 2.67. The second-order valence-corrected chi connectivity index (χ2v) is 6.53. The average molecular weight is 193 g/mol. The summed E-state index contributed by atoms with van der Waals surface area (Å²) in [5.41, 5.74) is 6.44. The molecule has 1 heteroatoms. The molecule has 14 heavy (non-hydrogen) atoms. The molecule has 0 aromatic rings. The summed E-state index contributed by atoms with van der Waals surface area (Å²) in [6, 6.07) is 0. The molecule has 5 atom stereocenters. The minimum Gasteiger partial charge on any atom is -0.330 e. The molecule has 2 bridgehead atoms. The van der Waals surface area contributed by atoms with E-state index in [-0.39, 0.29) is 0 Å². The second kappa shape index (κ2) is 2.75. The van der Waals surface area contributed by atoms with E-state index in [0.717, 1.165) is 36.1 Å². The Labute approximate surface area is 87.4 Å². The van der Waals surface area contributed by atoms with Gasteiger partial charge in [0.05, 0.1) is 0 Å². The Morgan fingerprint density at radius 3 is 2.43 bits per heavy atom. The third-order valence-electron chi connectivity index (χ3n) is 5.65. The van der Waals surface area contributed by atoms with Gasteiger partial charge in [-0.3, -0.25) is 0 Å². The van der Waals surface area contributed by atoms with Crippen LogP contribution < -0.4 is 5.73 Å². The molecule has 0 spiro atoms. The van der Waals surface area contributed by atoms with Gasteiger partial charge in [0.2, 0.25) is 0 Å². The maximum atomic E-state index is 5.87. The van der Waals surface area contributed by atoms with E-state index in [9.17, 15) is 0 Å². The van der Waals surface area contributed by atoms with Crippen LogP contribution in [0.5, 0.6) is 0 Å². The van der Waals surface area contributed by atoms with Crippen LogP contribution in [0.15, 0.2) is 0 Å². The molecule has 1 nitrogen and oxygen atoms in total. The summed E-state index contributed by atoms with van der Waals surface area (Å²) in [6.07, 6.45) is 6.14. The summed E-state index contributed by atoms with van der Waals surface area (Å²) in [6.45, 7) is 5.79. The van der Waals surface area contributed by atoms with Crippen molar-refractivity contribution in [2.45, 2.75) is 39.5 Å². The van der Waals surface area contributed by atoms with Crippen LogP contribution >= 0.6 is 0 Å². The van der Waals surface area contributed by atoms with Crippen LogP contribution in [0.1, 0.15) is 39.5 Å². The third-order valence-corrected chi connectivity index (χ3v) is 5.65. The highest BCUT2D eigenvalue weighted by atomic mass is 14.7. The summed E-state index contributed by atoms with van der Waals surface area (Å²) in [4.78, 5) is 0. The Hall–Kier alpha value is -0.0400. The van der Waals surface area contributed by atoms with Gasteiger partial charge in [-0.05, 0) is 60.8 Å². The molecular formula is C13H23N. The molecule has 3 rings (SSSR count). The molecule has 3 fully saturated rings. The zero-order valence-corrected chi connectivity index (χ0v) is 9.50. The predicted octanol–water partition coefficient (Wildman–Crippen LogP) is 2.65. The smallest absolute Gasteiger partial charge is 0.00407 e. The van der Waals surface area contributed by atoms with Crippen molar-refractivity contribution in [3.8, 4) is 0 Å². The summed E-state index contributed by atoms with van der Waals surface area (Å²) in [5.74, 6) is 5.05. The SMILES string of the molecule is CC1(C)[C@H](CN)[C@H]1C1CC2CCC1C2. The fourth-order valence-electron chi connectivity index (χ4n) is 4.82. The number of hydrogen-bond donors (Lipinski definition) is 1. The maximum absolute atomic E-state index is 5.87. The zero-order valence-electron chi connectivity index (χ0n) is 9.50. The van der Waals surface area contributed by atoms with Gasteiger partial charge in [-0.15, -0.1) is 0 Å². The lowest BCUT2D eigenvalue weighted by Gasteiger charge is -2.23. The topological polar surface area (TPSA) is 26.0 Å². The number of hydrogen-bond acceptors (Lipinski definition) is 1. The predicted molar refractivity (Wildman–Crippen MR) is 58.8 cm³/mol. The lowest BCUT2D eigenvalue weighted by Crippen LogP contribution is -2.16. The van der Waals surface area contributed by atoms with Crippen molar-refractivity contribution in [2.24, 2.45) is 40.7 Å². The van der Waals surface area contributed by atoms with Crippen molar-refractivity contribution in [1.82, 2.24) is 0 Å². The molecule has 3 unspecified atom stereocenters. The lowest BCUT2D eigenvalue weighted by atomic mass is 9.82. The van der Waals surface area contributed by atoms with Gasteiger partial charge < -0.3 is 5.73 Å². The molecular weight excluding hydrogens is 170 g/mol. The van der Waals surface area contributed by atoms with E-state index in [2.05, 4.69) is 13.8 Å². The second-order valence-electron chi connectivity index (χ2n) is 6.53. The van der Waals surface area contributed by atoms with Crippen LogP contribution in [0.4, 0.5) is 0 Å². The normalized spacial score (nSPS) is 53.8. The maximum Gasteiger partial charge on any atom is -0.00407 e. The Balaban J connectivity index is 1.73. The van der Waals surface area contributed by atoms with Crippen LogP contribution in [-0.4, -0.2) is 6.54 Å². The van der Waals surface area contributed by atoms with Crippen molar-refractivity contribution in [3.05, 3.63) is 0 Å². The van der Waals surface area contributed by atoms with E-state index in [1.807, 2.05) is 0 Å². The van der Waals surface area contributed by atoms with Crippen LogP contribution in [0.2, 0.25) is 0 Å². The monoisotopic (exact) mass is 193 g/mol. The van der Waals surface area contributed by atoms with Crippen LogP contribution in [0.3, 0.4) is 0 Å². The number of rotatable bonds is 2. The highest BCUT2D eigenvalue weighted by molar-refractivity contribution is 5.11.